The summed E-state index contributed by atoms with van der Waals surface area (Å²) in [7, 11) is 1.74. The SMILES string of the molecule is CCC(C)Oc1ccc(C(=O)Nc2ccc(C(=O)N(C)c3ccccc3)cc2)cc1. The predicted molar refractivity (Wildman–Crippen MR) is 120 cm³/mol. The quantitative estimate of drug-likeness (QED) is 0.576. The van der Waals surface area contributed by atoms with Crippen molar-refractivity contribution in [1.29, 1.82) is 0 Å². The Kier molecular flexibility index (Phi) is 6.86. The number of benzene rings is 3. The number of carbonyl (C=O) groups is 2. The summed E-state index contributed by atoms with van der Waals surface area (Å²) in [6.07, 6.45) is 1.05. The van der Waals surface area contributed by atoms with Gasteiger partial charge in [-0.2, -0.15) is 0 Å². The standard InChI is InChI=1S/C25H26N2O3/c1-4-18(2)30-23-16-12-19(13-17-23)24(28)26-21-14-10-20(11-15-21)25(29)27(3)22-8-6-5-7-9-22/h5-18H,4H2,1-3H3,(H,26,28). The normalized spacial score (nSPS) is 11.4. The van der Waals surface area contributed by atoms with Crippen LogP contribution in [-0.4, -0.2) is 25.0 Å². The summed E-state index contributed by atoms with van der Waals surface area (Å²) >= 11 is 0. The van der Waals surface area contributed by atoms with Crippen molar-refractivity contribution >= 4 is 23.2 Å². The van der Waals surface area contributed by atoms with Gasteiger partial charge in [-0.05, 0) is 74.0 Å². The monoisotopic (exact) mass is 402 g/mol. The van der Waals surface area contributed by atoms with Gasteiger partial charge < -0.3 is 15.0 Å². The van der Waals surface area contributed by atoms with E-state index in [1.807, 2.05) is 37.3 Å². The number of anilines is 2. The van der Waals surface area contributed by atoms with Crippen LogP contribution in [0.15, 0.2) is 78.9 Å². The van der Waals surface area contributed by atoms with Gasteiger partial charge in [0.1, 0.15) is 5.75 Å². The molecule has 5 heteroatoms. The molecule has 3 aromatic carbocycles. The van der Waals surface area contributed by atoms with Crippen LogP contribution in [0.2, 0.25) is 0 Å². The van der Waals surface area contributed by atoms with E-state index < -0.39 is 0 Å². The highest BCUT2D eigenvalue weighted by molar-refractivity contribution is 6.07. The van der Waals surface area contributed by atoms with Crippen LogP contribution in [0.1, 0.15) is 41.0 Å². The van der Waals surface area contributed by atoms with Crippen molar-refractivity contribution < 1.29 is 14.3 Å². The molecule has 0 aliphatic rings. The maximum atomic E-state index is 12.7. The maximum absolute atomic E-state index is 12.7. The summed E-state index contributed by atoms with van der Waals surface area (Å²) < 4.78 is 5.74. The number of hydrogen-bond donors (Lipinski definition) is 1. The van der Waals surface area contributed by atoms with Crippen LogP contribution in [0.5, 0.6) is 5.75 Å². The number of amides is 2. The molecule has 0 aromatic heterocycles. The highest BCUT2D eigenvalue weighted by Crippen LogP contribution is 2.18. The molecule has 0 fully saturated rings. The van der Waals surface area contributed by atoms with E-state index in [-0.39, 0.29) is 17.9 Å². The Bertz CT molecular complexity index is 983. The van der Waals surface area contributed by atoms with Gasteiger partial charge in [-0.15, -0.1) is 0 Å². The Morgan fingerprint density at radius 2 is 1.50 bits per heavy atom. The first kappa shape index (κ1) is 21.1. The van der Waals surface area contributed by atoms with Crippen LogP contribution in [-0.2, 0) is 0 Å². The van der Waals surface area contributed by atoms with Gasteiger partial charge in [-0.25, -0.2) is 0 Å². The number of ether oxygens (including phenoxy) is 1. The fourth-order valence-corrected chi connectivity index (χ4v) is 2.86. The molecule has 1 unspecified atom stereocenters. The number of nitrogens with one attached hydrogen (secondary N) is 1. The maximum Gasteiger partial charge on any atom is 0.258 e. The fraction of sp³-hybridized carbons (Fsp3) is 0.200. The van der Waals surface area contributed by atoms with Crippen molar-refractivity contribution in [3.05, 3.63) is 90.0 Å². The third-order valence-corrected chi connectivity index (χ3v) is 4.87. The lowest BCUT2D eigenvalue weighted by atomic mass is 10.1. The van der Waals surface area contributed by atoms with Crippen molar-refractivity contribution in [3.8, 4) is 5.75 Å². The molecule has 0 aliphatic heterocycles. The molecular formula is C25H26N2O3. The number of nitrogens with zero attached hydrogens (tertiary/aromatic N) is 1. The number of hydrogen-bond acceptors (Lipinski definition) is 3. The average Bonchev–Trinajstić information content (AvgIpc) is 2.79. The second kappa shape index (κ2) is 9.74. The second-order valence-corrected chi connectivity index (χ2v) is 7.09. The van der Waals surface area contributed by atoms with Crippen LogP contribution in [0.25, 0.3) is 0 Å². The van der Waals surface area contributed by atoms with E-state index in [9.17, 15) is 9.59 Å². The molecule has 1 atom stereocenters. The molecule has 0 bridgehead atoms. The first-order valence-corrected chi connectivity index (χ1v) is 9.99. The first-order valence-electron chi connectivity index (χ1n) is 9.99. The summed E-state index contributed by atoms with van der Waals surface area (Å²) in [6.45, 7) is 4.07. The van der Waals surface area contributed by atoms with Crippen molar-refractivity contribution in [1.82, 2.24) is 0 Å². The Morgan fingerprint density at radius 3 is 2.10 bits per heavy atom. The Labute approximate surface area is 177 Å². The molecule has 5 nitrogen and oxygen atoms in total. The van der Waals surface area contributed by atoms with Gasteiger partial charge in [0, 0.05) is 29.5 Å². The van der Waals surface area contributed by atoms with Gasteiger partial charge in [0.15, 0.2) is 0 Å². The number of carbonyl (C=O) groups excluding carboxylic acids is 2. The van der Waals surface area contributed by atoms with Crippen LogP contribution < -0.4 is 15.0 Å². The molecular weight excluding hydrogens is 376 g/mol. The molecule has 1 N–H and O–H groups in total. The topological polar surface area (TPSA) is 58.6 Å². The fourth-order valence-electron chi connectivity index (χ4n) is 2.86. The molecule has 0 saturated carbocycles. The lowest BCUT2D eigenvalue weighted by molar-refractivity contribution is 0.0991. The van der Waals surface area contributed by atoms with Crippen molar-refractivity contribution in [2.75, 3.05) is 17.3 Å². The molecule has 0 heterocycles. The largest absolute Gasteiger partial charge is 0.491 e. The summed E-state index contributed by atoms with van der Waals surface area (Å²) in [5.41, 5.74) is 2.53. The lowest BCUT2D eigenvalue weighted by Crippen LogP contribution is -2.26. The van der Waals surface area contributed by atoms with Gasteiger partial charge in [0.2, 0.25) is 0 Å². The van der Waals surface area contributed by atoms with Crippen LogP contribution in [0, 0.1) is 0 Å². The molecule has 0 radical (unpaired) electrons. The summed E-state index contributed by atoms with van der Waals surface area (Å²) in [6, 6.07) is 23.4. The van der Waals surface area contributed by atoms with Gasteiger partial charge in [-0.3, -0.25) is 9.59 Å². The molecule has 154 valence electrons. The van der Waals surface area contributed by atoms with E-state index >= 15 is 0 Å². The Morgan fingerprint density at radius 1 is 0.900 bits per heavy atom. The van der Waals surface area contributed by atoms with Crippen LogP contribution in [0.3, 0.4) is 0 Å². The van der Waals surface area contributed by atoms with Gasteiger partial charge in [-0.1, -0.05) is 25.1 Å². The highest BCUT2D eigenvalue weighted by atomic mass is 16.5. The minimum atomic E-state index is -0.217. The van der Waals surface area contributed by atoms with Gasteiger partial charge >= 0.3 is 0 Å². The second-order valence-electron chi connectivity index (χ2n) is 7.09. The molecule has 3 rings (SSSR count). The number of rotatable bonds is 7. The molecule has 0 spiro atoms. The van der Waals surface area contributed by atoms with Crippen molar-refractivity contribution in [3.63, 3.8) is 0 Å². The van der Waals surface area contributed by atoms with E-state index in [0.29, 0.717) is 16.8 Å². The van der Waals surface area contributed by atoms with Gasteiger partial charge in [0.05, 0.1) is 6.10 Å². The third kappa shape index (κ3) is 5.26. The third-order valence-electron chi connectivity index (χ3n) is 4.87. The van der Waals surface area contributed by atoms with Crippen LogP contribution in [0.4, 0.5) is 11.4 Å². The summed E-state index contributed by atoms with van der Waals surface area (Å²) in [4.78, 5) is 26.7. The lowest BCUT2D eigenvalue weighted by Gasteiger charge is -2.17. The minimum absolute atomic E-state index is 0.115. The molecule has 3 aromatic rings. The van der Waals surface area contributed by atoms with Crippen molar-refractivity contribution in [2.45, 2.75) is 26.4 Å². The average molecular weight is 402 g/mol. The van der Waals surface area contributed by atoms with Crippen molar-refractivity contribution in [2.24, 2.45) is 0 Å². The van der Waals surface area contributed by atoms with E-state index in [2.05, 4.69) is 12.2 Å². The van der Waals surface area contributed by atoms with E-state index in [4.69, 9.17) is 4.74 Å². The Balaban J connectivity index is 1.62. The van der Waals surface area contributed by atoms with E-state index in [1.165, 1.54) is 0 Å². The zero-order valence-electron chi connectivity index (χ0n) is 17.5. The van der Waals surface area contributed by atoms with E-state index in [1.54, 1.807) is 60.5 Å². The van der Waals surface area contributed by atoms with Crippen LogP contribution >= 0.6 is 0 Å². The minimum Gasteiger partial charge on any atom is -0.491 e. The zero-order valence-corrected chi connectivity index (χ0v) is 17.5. The highest BCUT2D eigenvalue weighted by Gasteiger charge is 2.14. The summed E-state index contributed by atoms with van der Waals surface area (Å²) in [5.74, 6) is 0.410. The van der Waals surface area contributed by atoms with Gasteiger partial charge in [0.25, 0.3) is 11.8 Å². The smallest absolute Gasteiger partial charge is 0.258 e. The van der Waals surface area contributed by atoms with E-state index in [0.717, 1.165) is 17.9 Å². The molecule has 0 aliphatic carbocycles. The first-order chi connectivity index (χ1) is 14.5. The molecule has 30 heavy (non-hydrogen) atoms. The summed E-state index contributed by atoms with van der Waals surface area (Å²) in [5, 5.41) is 2.85. The zero-order chi connectivity index (χ0) is 21.5. The number of para-hydroxylation sites is 1. The predicted octanol–water partition coefficient (Wildman–Crippen LogP) is 5.39. The molecule has 2 amide bonds. The molecule has 0 saturated heterocycles. The Hall–Kier alpha value is -3.60.